The van der Waals surface area contributed by atoms with E-state index in [4.69, 9.17) is 20.8 Å². The largest absolute Gasteiger partial charge is 0.482 e. The monoisotopic (exact) mass is 406 g/mol. The predicted molar refractivity (Wildman–Crippen MR) is 114 cm³/mol. The lowest BCUT2D eigenvalue weighted by Crippen LogP contribution is -2.20. The van der Waals surface area contributed by atoms with Crippen LogP contribution < -0.4 is 10.1 Å². The molecule has 0 aliphatic rings. The number of amides is 1. The lowest BCUT2D eigenvalue weighted by atomic mass is 10.1. The van der Waals surface area contributed by atoms with Crippen molar-refractivity contribution in [1.82, 2.24) is 4.98 Å². The Labute approximate surface area is 173 Å². The molecule has 6 heteroatoms. The van der Waals surface area contributed by atoms with Crippen molar-refractivity contribution >= 4 is 34.3 Å². The minimum Gasteiger partial charge on any atom is -0.482 e. The van der Waals surface area contributed by atoms with E-state index in [1.807, 2.05) is 32.0 Å². The van der Waals surface area contributed by atoms with Crippen LogP contribution in [0, 0.1) is 13.8 Å². The van der Waals surface area contributed by atoms with Gasteiger partial charge in [-0.25, -0.2) is 4.98 Å². The summed E-state index contributed by atoms with van der Waals surface area (Å²) in [6.07, 6.45) is 0. The molecule has 4 rings (SSSR count). The van der Waals surface area contributed by atoms with Gasteiger partial charge in [0.2, 0.25) is 5.89 Å². The predicted octanol–water partition coefficient (Wildman–Crippen LogP) is 5.78. The lowest BCUT2D eigenvalue weighted by Gasteiger charge is -2.08. The zero-order chi connectivity index (χ0) is 20.4. The van der Waals surface area contributed by atoms with Gasteiger partial charge in [0, 0.05) is 11.3 Å². The number of aryl methyl sites for hydroxylation is 2. The highest BCUT2D eigenvalue weighted by Gasteiger charge is 2.11. The third kappa shape index (κ3) is 4.25. The molecule has 0 saturated carbocycles. The van der Waals surface area contributed by atoms with E-state index < -0.39 is 0 Å². The summed E-state index contributed by atoms with van der Waals surface area (Å²) in [6, 6.07) is 18.4. The molecule has 0 radical (unpaired) electrons. The quantitative estimate of drug-likeness (QED) is 0.456. The standard InChI is InChI=1S/C23H19ClN2O3/c1-14-11-15(2)22-19(12-14)26-23(29-22)16-7-9-17(10-8-16)25-21(27)13-28-20-6-4-3-5-18(20)24/h3-12H,13H2,1-2H3,(H,25,27). The number of rotatable bonds is 5. The molecule has 1 N–H and O–H groups in total. The number of ether oxygens (including phenoxy) is 1. The first-order valence-corrected chi connectivity index (χ1v) is 9.53. The summed E-state index contributed by atoms with van der Waals surface area (Å²) >= 11 is 6.02. The first kappa shape index (κ1) is 19.0. The molecule has 0 aliphatic heterocycles. The van der Waals surface area contributed by atoms with Crippen LogP contribution in [0.15, 0.2) is 65.1 Å². The van der Waals surface area contributed by atoms with E-state index in [0.29, 0.717) is 22.4 Å². The molecule has 1 amide bonds. The van der Waals surface area contributed by atoms with Gasteiger partial charge in [0.1, 0.15) is 11.3 Å². The molecule has 1 heterocycles. The van der Waals surface area contributed by atoms with E-state index in [-0.39, 0.29) is 12.5 Å². The Balaban J connectivity index is 1.43. The first-order chi connectivity index (χ1) is 14.0. The number of fused-ring (bicyclic) bond motifs is 1. The van der Waals surface area contributed by atoms with Crippen molar-refractivity contribution in [2.24, 2.45) is 0 Å². The Hall–Kier alpha value is -3.31. The highest BCUT2D eigenvalue weighted by molar-refractivity contribution is 6.32. The smallest absolute Gasteiger partial charge is 0.262 e. The summed E-state index contributed by atoms with van der Waals surface area (Å²) in [6.45, 7) is 3.91. The second-order valence-corrected chi connectivity index (χ2v) is 7.20. The minimum absolute atomic E-state index is 0.130. The van der Waals surface area contributed by atoms with Gasteiger partial charge in [-0.05, 0) is 67.4 Å². The average molecular weight is 407 g/mol. The fourth-order valence-electron chi connectivity index (χ4n) is 3.10. The molecule has 1 aromatic heterocycles. The molecule has 0 atom stereocenters. The molecule has 0 spiro atoms. The van der Waals surface area contributed by atoms with E-state index in [2.05, 4.69) is 16.4 Å². The Bertz CT molecular complexity index is 1180. The molecule has 3 aromatic carbocycles. The minimum atomic E-state index is -0.273. The molecule has 146 valence electrons. The third-order valence-electron chi connectivity index (χ3n) is 4.43. The van der Waals surface area contributed by atoms with Crippen LogP contribution in [0.3, 0.4) is 0 Å². The van der Waals surface area contributed by atoms with E-state index in [0.717, 1.165) is 27.8 Å². The van der Waals surface area contributed by atoms with Crippen LogP contribution in [0.25, 0.3) is 22.6 Å². The van der Waals surface area contributed by atoms with Gasteiger partial charge in [0.05, 0.1) is 5.02 Å². The number of benzene rings is 3. The summed E-state index contributed by atoms with van der Waals surface area (Å²) in [5.41, 5.74) is 5.33. The summed E-state index contributed by atoms with van der Waals surface area (Å²) in [4.78, 5) is 16.7. The van der Waals surface area contributed by atoms with Crippen LogP contribution in [0.1, 0.15) is 11.1 Å². The summed E-state index contributed by atoms with van der Waals surface area (Å²) in [7, 11) is 0. The molecule has 0 aliphatic carbocycles. The number of carbonyl (C=O) groups is 1. The number of nitrogens with zero attached hydrogens (tertiary/aromatic N) is 1. The van der Waals surface area contributed by atoms with Crippen molar-refractivity contribution in [3.8, 4) is 17.2 Å². The second-order valence-electron chi connectivity index (χ2n) is 6.79. The molecule has 0 saturated heterocycles. The summed E-state index contributed by atoms with van der Waals surface area (Å²) in [5, 5.41) is 3.26. The number of para-hydroxylation sites is 1. The van der Waals surface area contributed by atoms with Gasteiger partial charge in [-0.3, -0.25) is 4.79 Å². The number of oxazole rings is 1. The summed E-state index contributed by atoms with van der Waals surface area (Å²) < 4.78 is 11.4. The van der Waals surface area contributed by atoms with Gasteiger partial charge >= 0.3 is 0 Å². The van der Waals surface area contributed by atoms with Crippen molar-refractivity contribution in [2.75, 3.05) is 11.9 Å². The molecule has 0 bridgehead atoms. The van der Waals surface area contributed by atoms with Crippen molar-refractivity contribution in [1.29, 1.82) is 0 Å². The van der Waals surface area contributed by atoms with E-state index in [9.17, 15) is 4.79 Å². The second kappa shape index (κ2) is 7.97. The van der Waals surface area contributed by atoms with Gasteiger partial charge < -0.3 is 14.5 Å². The first-order valence-electron chi connectivity index (χ1n) is 9.15. The molecule has 5 nitrogen and oxygen atoms in total. The number of nitrogens with one attached hydrogen (secondary N) is 1. The van der Waals surface area contributed by atoms with Crippen molar-refractivity contribution in [2.45, 2.75) is 13.8 Å². The molecule has 29 heavy (non-hydrogen) atoms. The number of hydrogen-bond donors (Lipinski definition) is 1. The van der Waals surface area contributed by atoms with Gasteiger partial charge in [-0.1, -0.05) is 29.8 Å². The fourth-order valence-corrected chi connectivity index (χ4v) is 3.29. The number of hydrogen-bond acceptors (Lipinski definition) is 4. The van der Waals surface area contributed by atoms with Crippen LogP contribution in [-0.2, 0) is 4.79 Å². The van der Waals surface area contributed by atoms with E-state index in [1.54, 1.807) is 36.4 Å². The van der Waals surface area contributed by atoms with Crippen LogP contribution >= 0.6 is 11.6 Å². The lowest BCUT2D eigenvalue weighted by molar-refractivity contribution is -0.118. The Morgan fingerprint density at radius 1 is 1.10 bits per heavy atom. The van der Waals surface area contributed by atoms with Gasteiger partial charge in [-0.2, -0.15) is 0 Å². The fraction of sp³-hybridized carbons (Fsp3) is 0.130. The Kier molecular flexibility index (Phi) is 5.23. The average Bonchev–Trinajstić information content (AvgIpc) is 3.12. The molecule has 0 unspecified atom stereocenters. The maximum atomic E-state index is 12.1. The van der Waals surface area contributed by atoms with Crippen LogP contribution in [0.5, 0.6) is 5.75 Å². The van der Waals surface area contributed by atoms with Crippen molar-refractivity contribution in [3.63, 3.8) is 0 Å². The number of carbonyl (C=O) groups excluding carboxylic acids is 1. The third-order valence-corrected chi connectivity index (χ3v) is 4.74. The zero-order valence-corrected chi connectivity index (χ0v) is 16.8. The van der Waals surface area contributed by atoms with E-state index in [1.165, 1.54) is 0 Å². The van der Waals surface area contributed by atoms with Crippen molar-refractivity contribution < 1.29 is 13.9 Å². The maximum absolute atomic E-state index is 12.1. The Morgan fingerprint density at radius 2 is 1.86 bits per heavy atom. The topological polar surface area (TPSA) is 64.4 Å². The zero-order valence-electron chi connectivity index (χ0n) is 16.0. The van der Waals surface area contributed by atoms with Crippen LogP contribution in [0.4, 0.5) is 5.69 Å². The SMILES string of the molecule is Cc1cc(C)c2oc(-c3ccc(NC(=O)COc4ccccc4Cl)cc3)nc2c1. The maximum Gasteiger partial charge on any atom is 0.262 e. The van der Waals surface area contributed by atoms with E-state index >= 15 is 0 Å². The molecule has 0 fully saturated rings. The molecular weight excluding hydrogens is 388 g/mol. The number of halogens is 1. The number of anilines is 1. The highest BCUT2D eigenvalue weighted by atomic mass is 35.5. The van der Waals surface area contributed by atoms with Gasteiger partial charge in [0.15, 0.2) is 12.2 Å². The van der Waals surface area contributed by atoms with Crippen LogP contribution in [-0.4, -0.2) is 17.5 Å². The van der Waals surface area contributed by atoms with Gasteiger partial charge in [-0.15, -0.1) is 0 Å². The highest BCUT2D eigenvalue weighted by Crippen LogP contribution is 2.28. The molecule has 4 aromatic rings. The van der Waals surface area contributed by atoms with Gasteiger partial charge in [0.25, 0.3) is 5.91 Å². The summed E-state index contributed by atoms with van der Waals surface area (Å²) in [5.74, 6) is 0.750. The Morgan fingerprint density at radius 3 is 2.62 bits per heavy atom. The van der Waals surface area contributed by atoms with Crippen molar-refractivity contribution in [3.05, 3.63) is 76.8 Å². The normalized spacial score (nSPS) is 10.9. The van der Waals surface area contributed by atoms with Crippen LogP contribution in [0.2, 0.25) is 5.02 Å². The number of aromatic nitrogens is 1. The molecular formula is C23H19ClN2O3.